The maximum Gasteiger partial charge on any atom is 0.328 e. The van der Waals surface area contributed by atoms with E-state index in [4.69, 9.17) is 4.74 Å². The van der Waals surface area contributed by atoms with Crippen LogP contribution in [-0.4, -0.2) is 79.0 Å². The predicted octanol–water partition coefficient (Wildman–Crippen LogP) is 0.118. The van der Waals surface area contributed by atoms with Crippen LogP contribution in [0.25, 0.3) is 0 Å². The van der Waals surface area contributed by atoms with E-state index in [-0.39, 0.29) is 36.6 Å². The number of rotatable bonds is 9. The van der Waals surface area contributed by atoms with Crippen LogP contribution >= 0.6 is 11.8 Å². The van der Waals surface area contributed by atoms with E-state index in [2.05, 4.69) is 22.5 Å². The van der Waals surface area contributed by atoms with Crippen molar-refractivity contribution < 1.29 is 23.9 Å². The van der Waals surface area contributed by atoms with Crippen molar-refractivity contribution in [3.63, 3.8) is 0 Å². The second-order valence-corrected chi connectivity index (χ2v) is 7.69. The summed E-state index contributed by atoms with van der Waals surface area (Å²) in [5.41, 5.74) is 0. The summed E-state index contributed by atoms with van der Waals surface area (Å²) in [6.45, 7) is 7.65. The fourth-order valence-electron chi connectivity index (χ4n) is 2.95. The van der Waals surface area contributed by atoms with Crippen molar-refractivity contribution in [2.45, 2.75) is 38.4 Å². The van der Waals surface area contributed by atoms with Gasteiger partial charge in [0.1, 0.15) is 12.1 Å². The predicted molar refractivity (Wildman–Crippen MR) is 108 cm³/mol. The Bertz CT molecular complexity index is 599. The molecule has 0 aliphatic carbocycles. The van der Waals surface area contributed by atoms with Crippen molar-refractivity contribution in [2.24, 2.45) is 5.92 Å². The van der Waals surface area contributed by atoms with Gasteiger partial charge in [-0.15, -0.1) is 6.58 Å². The molecule has 1 saturated heterocycles. The lowest BCUT2D eigenvalue weighted by molar-refractivity contribution is -0.147. The maximum absolute atomic E-state index is 12.8. The highest BCUT2D eigenvalue weighted by molar-refractivity contribution is 7.99. The maximum atomic E-state index is 12.8. The van der Waals surface area contributed by atoms with Gasteiger partial charge in [-0.05, 0) is 18.6 Å². The van der Waals surface area contributed by atoms with Gasteiger partial charge in [0.2, 0.25) is 11.8 Å². The Kier molecular flexibility index (Phi) is 9.84. The molecule has 1 heterocycles. The van der Waals surface area contributed by atoms with E-state index in [0.717, 1.165) is 0 Å². The molecule has 28 heavy (non-hydrogen) atoms. The number of hydrogen-bond donors (Lipinski definition) is 3. The number of methoxy groups -OCH3 is 1. The van der Waals surface area contributed by atoms with Crippen molar-refractivity contribution in [2.75, 3.05) is 32.2 Å². The zero-order valence-corrected chi connectivity index (χ0v) is 17.6. The lowest BCUT2D eigenvalue weighted by Crippen LogP contribution is -2.53. The topological polar surface area (TPSA) is 117 Å². The van der Waals surface area contributed by atoms with Gasteiger partial charge in [0.15, 0.2) is 0 Å². The van der Waals surface area contributed by atoms with E-state index in [1.54, 1.807) is 26.2 Å². The second kappa shape index (κ2) is 11.6. The van der Waals surface area contributed by atoms with Crippen LogP contribution in [-0.2, 0) is 19.1 Å². The molecule has 0 aromatic rings. The standard InChI is InChI=1S/C18H30N4O5S/c1-6-7-19-18(26)20-12-8-13(22(9-12)14(23)10-28-5)16(24)21-15(11(2)3)17(25)27-4/h6,11-13,15H,1,7-10H2,2-5H3,(H,21,24)(H2,19,20,26). The first-order chi connectivity index (χ1) is 13.2. The van der Waals surface area contributed by atoms with Crippen molar-refractivity contribution in [3.8, 4) is 0 Å². The smallest absolute Gasteiger partial charge is 0.328 e. The first kappa shape index (κ1) is 23.8. The molecule has 0 radical (unpaired) electrons. The van der Waals surface area contributed by atoms with Gasteiger partial charge in [0.05, 0.1) is 18.9 Å². The number of esters is 1. The molecule has 0 aromatic heterocycles. The van der Waals surface area contributed by atoms with Gasteiger partial charge in [-0.3, -0.25) is 9.59 Å². The molecule has 0 aromatic carbocycles. The summed E-state index contributed by atoms with van der Waals surface area (Å²) in [7, 11) is 1.26. The number of nitrogens with one attached hydrogen (secondary N) is 3. The highest BCUT2D eigenvalue weighted by atomic mass is 32.2. The first-order valence-electron chi connectivity index (χ1n) is 9.06. The fraction of sp³-hybridized carbons (Fsp3) is 0.667. The van der Waals surface area contributed by atoms with E-state index in [9.17, 15) is 19.2 Å². The van der Waals surface area contributed by atoms with Crippen molar-refractivity contribution in [1.82, 2.24) is 20.9 Å². The van der Waals surface area contributed by atoms with Crippen LogP contribution in [0.2, 0.25) is 0 Å². The van der Waals surface area contributed by atoms with E-state index in [1.165, 1.54) is 23.8 Å². The summed E-state index contributed by atoms with van der Waals surface area (Å²) < 4.78 is 4.75. The molecule has 1 fully saturated rings. The number of thioether (sulfide) groups is 1. The zero-order chi connectivity index (χ0) is 21.3. The number of ether oxygens (including phenoxy) is 1. The monoisotopic (exact) mass is 414 g/mol. The molecule has 1 aliphatic heterocycles. The number of hydrogen-bond acceptors (Lipinski definition) is 6. The van der Waals surface area contributed by atoms with Crippen LogP contribution in [0.5, 0.6) is 0 Å². The van der Waals surface area contributed by atoms with Gasteiger partial charge in [-0.1, -0.05) is 19.9 Å². The van der Waals surface area contributed by atoms with Crippen molar-refractivity contribution in [1.29, 1.82) is 0 Å². The molecule has 1 aliphatic rings. The minimum Gasteiger partial charge on any atom is -0.467 e. The lowest BCUT2D eigenvalue weighted by atomic mass is 10.0. The molecule has 4 amide bonds. The Morgan fingerprint density at radius 2 is 2.00 bits per heavy atom. The molecule has 10 heteroatoms. The molecular weight excluding hydrogens is 384 g/mol. The van der Waals surface area contributed by atoms with E-state index in [1.807, 2.05) is 0 Å². The van der Waals surface area contributed by atoms with Crippen LogP contribution in [0.1, 0.15) is 20.3 Å². The summed E-state index contributed by atoms with van der Waals surface area (Å²) >= 11 is 1.36. The number of urea groups is 1. The molecule has 1 rings (SSSR count). The van der Waals surface area contributed by atoms with Crippen LogP contribution in [0.3, 0.4) is 0 Å². The van der Waals surface area contributed by atoms with E-state index in [0.29, 0.717) is 6.54 Å². The molecular formula is C18H30N4O5S. The SMILES string of the molecule is C=CCNC(=O)NC1CC(C(=O)NC(C(=O)OC)C(C)C)N(C(=O)CSC)C1. The average Bonchev–Trinajstić information content (AvgIpc) is 3.07. The number of carbonyl (C=O) groups is 4. The Morgan fingerprint density at radius 1 is 1.32 bits per heavy atom. The van der Waals surface area contributed by atoms with Gasteiger partial charge in [0.25, 0.3) is 0 Å². The third-order valence-electron chi connectivity index (χ3n) is 4.35. The van der Waals surface area contributed by atoms with Crippen LogP contribution in [0.15, 0.2) is 12.7 Å². The van der Waals surface area contributed by atoms with Crippen LogP contribution < -0.4 is 16.0 Å². The van der Waals surface area contributed by atoms with Crippen LogP contribution in [0.4, 0.5) is 4.79 Å². The van der Waals surface area contributed by atoms with E-state index < -0.39 is 30.0 Å². The molecule has 0 bridgehead atoms. The van der Waals surface area contributed by atoms with Crippen molar-refractivity contribution >= 4 is 35.6 Å². The normalized spacial score (nSPS) is 19.7. The lowest BCUT2D eigenvalue weighted by Gasteiger charge is -2.26. The molecule has 3 N–H and O–H groups in total. The van der Waals surface area contributed by atoms with Gasteiger partial charge >= 0.3 is 12.0 Å². The molecule has 0 spiro atoms. The Morgan fingerprint density at radius 3 is 2.54 bits per heavy atom. The minimum absolute atomic E-state index is 0.174. The number of amides is 4. The largest absolute Gasteiger partial charge is 0.467 e. The summed E-state index contributed by atoms with van der Waals surface area (Å²) in [5, 5.41) is 8.06. The molecule has 158 valence electrons. The zero-order valence-electron chi connectivity index (χ0n) is 16.8. The third-order valence-corrected chi connectivity index (χ3v) is 4.89. The summed E-state index contributed by atoms with van der Waals surface area (Å²) in [4.78, 5) is 50.6. The summed E-state index contributed by atoms with van der Waals surface area (Å²) in [6, 6.07) is -2.34. The van der Waals surface area contributed by atoms with Gasteiger partial charge in [-0.2, -0.15) is 11.8 Å². The molecule has 3 atom stereocenters. The van der Waals surface area contributed by atoms with Gasteiger partial charge in [0, 0.05) is 13.1 Å². The van der Waals surface area contributed by atoms with E-state index >= 15 is 0 Å². The Balaban J connectivity index is 2.89. The summed E-state index contributed by atoms with van der Waals surface area (Å²) in [6.07, 6.45) is 3.62. The second-order valence-electron chi connectivity index (χ2n) is 6.82. The third kappa shape index (κ3) is 6.74. The first-order valence-corrected chi connectivity index (χ1v) is 10.5. The molecule has 0 saturated carbocycles. The number of carbonyl (C=O) groups excluding carboxylic acids is 4. The highest BCUT2D eigenvalue weighted by Crippen LogP contribution is 2.20. The molecule has 3 unspecified atom stereocenters. The number of likely N-dealkylation sites (tertiary alicyclic amines) is 1. The molecule has 9 nitrogen and oxygen atoms in total. The van der Waals surface area contributed by atoms with Gasteiger partial charge < -0.3 is 25.6 Å². The fourth-order valence-corrected chi connectivity index (χ4v) is 3.36. The Hall–Kier alpha value is -2.23. The van der Waals surface area contributed by atoms with Crippen LogP contribution in [0, 0.1) is 5.92 Å². The minimum atomic E-state index is -0.807. The average molecular weight is 415 g/mol. The summed E-state index contributed by atoms with van der Waals surface area (Å²) in [5.74, 6) is -1.12. The van der Waals surface area contributed by atoms with Gasteiger partial charge in [-0.25, -0.2) is 9.59 Å². The number of nitrogens with zero attached hydrogens (tertiary/aromatic N) is 1. The quantitative estimate of drug-likeness (QED) is 0.364. The van der Waals surface area contributed by atoms with Crippen molar-refractivity contribution in [3.05, 3.63) is 12.7 Å². The Labute approximate surface area is 170 Å². The highest BCUT2D eigenvalue weighted by Gasteiger charge is 2.41.